The normalized spacial score (nSPS) is 15.4. The molecule has 1 fully saturated rings. The van der Waals surface area contributed by atoms with E-state index >= 15 is 0 Å². The molecule has 4 heterocycles. The summed E-state index contributed by atoms with van der Waals surface area (Å²) in [5.74, 6) is 0.965. The Hall–Kier alpha value is -2.50. The van der Waals surface area contributed by atoms with Gasteiger partial charge in [-0.15, -0.1) is 16.4 Å². The number of carbonyl (C=O) groups is 1. The van der Waals surface area contributed by atoms with E-state index in [1.54, 1.807) is 10.6 Å². The van der Waals surface area contributed by atoms with Gasteiger partial charge < -0.3 is 15.5 Å². The van der Waals surface area contributed by atoms with Crippen LogP contribution in [0.5, 0.6) is 0 Å². The minimum atomic E-state index is -0.486. The van der Waals surface area contributed by atoms with Crippen molar-refractivity contribution in [1.29, 1.82) is 0 Å². The van der Waals surface area contributed by atoms with Crippen LogP contribution < -0.4 is 16.0 Å². The zero-order chi connectivity index (χ0) is 17.2. The monoisotopic (exact) mass is 377 g/mol. The van der Waals surface area contributed by atoms with Crippen molar-refractivity contribution in [1.82, 2.24) is 20.0 Å². The Bertz CT molecular complexity index is 875. The Morgan fingerprint density at radius 2 is 2.12 bits per heavy atom. The van der Waals surface area contributed by atoms with Gasteiger partial charge in [-0.1, -0.05) is 0 Å². The molecule has 1 aliphatic heterocycles. The van der Waals surface area contributed by atoms with E-state index < -0.39 is 6.09 Å². The smallest absolute Gasteiger partial charge is 0.368 e. The number of piperazine rings is 1. The number of nitrogens with two attached hydrogens (primary N) is 1. The van der Waals surface area contributed by atoms with E-state index in [2.05, 4.69) is 25.2 Å². The van der Waals surface area contributed by atoms with Crippen molar-refractivity contribution in [2.75, 3.05) is 42.1 Å². The molecular formula is C14H15N7O2S2. The third kappa shape index (κ3) is 3.48. The summed E-state index contributed by atoms with van der Waals surface area (Å²) in [5.41, 5.74) is 9.01. The fourth-order valence-corrected chi connectivity index (χ4v) is 3.82. The van der Waals surface area contributed by atoms with Gasteiger partial charge in [0.05, 0.1) is 24.3 Å². The molecule has 0 unspecified atom stereocenters. The lowest BCUT2D eigenvalue weighted by atomic mass is 10.3. The average Bonchev–Trinajstić information content (AvgIpc) is 3.26. The molecule has 0 radical (unpaired) electrons. The molecule has 4 rings (SSSR count). The molecule has 11 heteroatoms. The second-order valence-corrected chi connectivity index (χ2v) is 6.96. The van der Waals surface area contributed by atoms with Crippen molar-refractivity contribution in [2.45, 2.75) is 0 Å². The highest BCUT2D eigenvalue weighted by molar-refractivity contribution is 7.16. The van der Waals surface area contributed by atoms with Crippen LogP contribution in [0.2, 0.25) is 0 Å². The predicted molar refractivity (Wildman–Crippen MR) is 97.8 cm³/mol. The Kier molecular flexibility index (Phi) is 4.34. The number of nitrogens with one attached hydrogen (secondary N) is 1. The number of hydroxylamine groups is 2. The number of carbonyl (C=O) groups excluding carboxylic acids is 1. The molecule has 3 N–H and O–H groups in total. The summed E-state index contributed by atoms with van der Waals surface area (Å²) in [6.07, 6.45) is -0.486. The number of thiazole rings is 1. The molecule has 1 amide bonds. The number of fused-ring (bicyclic) bond motifs is 1. The van der Waals surface area contributed by atoms with Crippen LogP contribution in [0.15, 0.2) is 22.3 Å². The van der Waals surface area contributed by atoms with Crippen molar-refractivity contribution in [3.63, 3.8) is 0 Å². The topological polar surface area (TPSA) is 110 Å². The quantitative estimate of drug-likeness (QED) is 0.713. The minimum absolute atomic E-state index is 0.237. The molecule has 1 aliphatic rings. The number of nitrogen functional groups attached to an aromatic ring is 1. The Balaban J connectivity index is 1.38. The number of hydrogen-bond acceptors (Lipinski definition) is 10. The first-order valence-electron chi connectivity index (χ1n) is 7.57. The van der Waals surface area contributed by atoms with Crippen molar-refractivity contribution >= 4 is 56.6 Å². The first kappa shape index (κ1) is 16.0. The van der Waals surface area contributed by atoms with Crippen LogP contribution in [0.3, 0.4) is 0 Å². The van der Waals surface area contributed by atoms with Crippen molar-refractivity contribution in [3.8, 4) is 0 Å². The highest BCUT2D eigenvalue weighted by Crippen LogP contribution is 2.26. The third-order valence-corrected chi connectivity index (χ3v) is 5.12. The van der Waals surface area contributed by atoms with E-state index in [9.17, 15) is 4.79 Å². The molecule has 3 aromatic rings. The highest BCUT2D eigenvalue weighted by atomic mass is 32.1. The lowest BCUT2D eigenvalue weighted by Crippen LogP contribution is -2.47. The maximum absolute atomic E-state index is 11.9. The Labute approximate surface area is 151 Å². The average molecular weight is 377 g/mol. The van der Waals surface area contributed by atoms with Gasteiger partial charge in [-0.3, -0.25) is 5.32 Å². The maximum Gasteiger partial charge on any atom is 0.430 e. The Morgan fingerprint density at radius 1 is 1.28 bits per heavy atom. The summed E-state index contributed by atoms with van der Waals surface area (Å²) < 4.78 is 0. The summed E-state index contributed by atoms with van der Waals surface area (Å²) in [6, 6.07) is 1.82. The van der Waals surface area contributed by atoms with Crippen LogP contribution in [0.4, 0.5) is 22.2 Å². The molecule has 25 heavy (non-hydrogen) atoms. The molecule has 0 aromatic carbocycles. The third-order valence-electron chi connectivity index (χ3n) is 3.71. The predicted octanol–water partition coefficient (Wildman–Crippen LogP) is 2.02. The van der Waals surface area contributed by atoms with Crippen LogP contribution in [-0.4, -0.2) is 52.3 Å². The van der Waals surface area contributed by atoms with Gasteiger partial charge in [0.1, 0.15) is 5.52 Å². The molecule has 0 aliphatic carbocycles. The van der Waals surface area contributed by atoms with Gasteiger partial charge in [0.25, 0.3) is 0 Å². The van der Waals surface area contributed by atoms with Crippen LogP contribution >= 0.6 is 22.7 Å². The lowest BCUT2D eigenvalue weighted by molar-refractivity contribution is -0.0966. The van der Waals surface area contributed by atoms with E-state index in [-0.39, 0.29) is 5.95 Å². The van der Waals surface area contributed by atoms with Crippen LogP contribution in [0, 0.1) is 0 Å². The second-order valence-electron chi connectivity index (χ2n) is 5.34. The van der Waals surface area contributed by atoms with Gasteiger partial charge in [0.2, 0.25) is 5.95 Å². The van der Waals surface area contributed by atoms with Crippen LogP contribution in [0.25, 0.3) is 10.3 Å². The first-order chi connectivity index (χ1) is 12.2. The molecule has 130 valence electrons. The van der Waals surface area contributed by atoms with E-state index in [4.69, 9.17) is 10.6 Å². The molecule has 1 saturated heterocycles. The molecule has 0 atom stereocenters. The number of aromatic nitrogens is 3. The van der Waals surface area contributed by atoms with Gasteiger partial charge in [0.15, 0.2) is 10.6 Å². The molecule has 0 spiro atoms. The summed E-state index contributed by atoms with van der Waals surface area (Å²) in [6.45, 7) is 2.42. The molecule has 0 saturated carbocycles. The fourth-order valence-electron chi connectivity index (χ4n) is 2.57. The summed E-state index contributed by atoms with van der Waals surface area (Å²) in [7, 11) is 0. The maximum atomic E-state index is 11.9. The fraction of sp³-hybridized carbons (Fsp3) is 0.286. The Morgan fingerprint density at radius 3 is 2.88 bits per heavy atom. The minimum Gasteiger partial charge on any atom is -0.368 e. The van der Waals surface area contributed by atoms with Crippen molar-refractivity contribution in [2.24, 2.45) is 0 Å². The SMILES string of the molecule is Nc1nc(N2CCN(OC(=O)Nc3ccsc3)CC2)c2ncsc2n1. The standard InChI is InChI=1S/C14H15N7O2S2/c15-13-18-11(10-12(19-13)25-8-16-10)20-2-4-21(5-3-20)23-14(22)17-9-1-6-24-7-9/h1,6-8H,2-5H2,(H,17,22)(H2,15,18,19). The number of rotatable bonds is 3. The van der Waals surface area contributed by atoms with E-state index in [1.165, 1.54) is 22.7 Å². The molecule has 3 aromatic heterocycles. The number of anilines is 3. The highest BCUT2D eigenvalue weighted by Gasteiger charge is 2.24. The zero-order valence-electron chi connectivity index (χ0n) is 13.1. The van der Waals surface area contributed by atoms with Gasteiger partial charge in [-0.25, -0.2) is 14.8 Å². The number of thiophene rings is 1. The molecule has 9 nitrogen and oxygen atoms in total. The molecular weight excluding hydrogens is 362 g/mol. The van der Waals surface area contributed by atoms with Crippen molar-refractivity contribution in [3.05, 3.63) is 22.3 Å². The lowest BCUT2D eigenvalue weighted by Gasteiger charge is -2.33. The summed E-state index contributed by atoms with van der Waals surface area (Å²) in [5, 5.41) is 8.06. The number of amides is 1. The van der Waals surface area contributed by atoms with E-state index in [1.807, 2.05) is 16.8 Å². The number of hydrogen-bond donors (Lipinski definition) is 2. The van der Waals surface area contributed by atoms with Crippen LogP contribution in [0.1, 0.15) is 0 Å². The van der Waals surface area contributed by atoms with Crippen molar-refractivity contribution < 1.29 is 9.63 Å². The van der Waals surface area contributed by atoms with Gasteiger partial charge in [-0.2, -0.15) is 16.3 Å². The van der Waals surface area contributed by atoms with Crippen LogP contribution in [-0.2, 0) is 4.84 Å². The number of nitrogens with zero attached hydrogens (tertiary/aromatic N) is 5. The largest absolute Gasteiger partial charge is 0.430 e. The van der Waals surface area contributed by atoms with Gasteiger partial charge in [0, 0.05) is 18.5 Å². The van der Waals surface area contributed by atoms with Gasteiger partial charge >= 0.3 is 6.09 Å². The first-order valence-corrected chi connectivity index (χ1v) is 9.39. The summed E-state index contributed by atoms with van der Waals surface area (Å²) in [4.78, 5) is 32.9. The summed E-state index contributed by atoms with van der Waals surface area (Å²) >= 11 is 2.94. The van der Waals surface area contributed by atoms with Gasteiger partial charge in [-0.05, 0) is 11.4 Å². The molecule has 0 bridgehead atoms. The second kappa shape index (κ2) is 6.78. The zero-order valence-corrected chi connectivity index (χ0v) is 14.7. The van der Waals surface area contributed by atoms with E-state index in [0.29, 0.717) is 26.2 Å². The van der Waals surface area contributed by atoms with E-state index in [0.717, 1.165) is 21.9 Å².